The van der Waals surface area contributed by atoms with E-state index < -0.39 is 0 Å². The van der Waals surface area contributed by atoms with Gasteiger partial charge >= 0.3 is 0 Å². The summed E-state index contributed by atoms with van der Waals surface area (Å²) in [5, 5.41) is 8.78. The van der Waals surface area contributed by atoms with Gasteiger partial charge in [0.25, 0.3) is 0 Å². The lowest BCUT2D eigenvalue weighted by Crippen LogP contribution is -1.98. The third-order valence-corrected chi connectivity index (χ3v) is 4.60. The Morgan fingerprint density at radius 3 is 2.48 bits per heavy atom. The molecule has 2 aromatic carbocycles. The van der Waals surface area contributed by atoms with Gasteiger partial charge in [-0.3, -0.25) is 4.79 Å². The molecular weight excluding hydrogens is 360 g/mol. The molecule has 3 rings (SSSR count). The van der Waals surface area contributed by atoms with Crippen LogP contribution in [0.2, 0.25) is 0 Å². The molecule has 0 saturated carbocycles. The van der Waals surface area contributed by atoms with E-state index in [1.165, 1.54) is 5.57 Å². The average Bonchev–Trinajstić information content (AvgIpc) is 2.78. The van der Waals surface area contributed by atoms with Gasteiger partial charge in [-0.25, -0.2) is 0 Å². The zero-order chi connectivity index (χ0) is 20.3. The van der Waals surface area contributed by atoms with Gasteiger partial charge in [-0.05, 0) is 54.2 Å². The number of rotatable bonds is 9. The summed E-state index contributed by atoms with van der Waals surface area (Å²) < 4.78 is 5.65. The molecule has 3 heteroatoms. The highest BCUT2D eigenvalue weighted by atomic mass is 16.5. The maximum absolute atomic E-state index is 12.1. The number of benzene rings is 2. The molecule has 0 heterocycles. The molecular formula is C26H26O3. The van der Waals surface area contributed by atoms with Gasteiger partial charge < -0.3 is 9.84 Å². The van der Waals surface area contributed by atoms with Crippen molar-refractivity contribution in [2.75, 3.05) is 13.2 Å². The fourth-order valence-corrected chi connectivity index (χ4v) is 2.95. The predicted molar refractivity (Wildman–Crippen MR) is 118 cm³/mol. The van der Waals surface area contributed by atoms with Crippen LogP contribution < -0.4 is 4.74 Å². The first-order valence-corrected chi connectivity index (χ1v) is 9.94. The van der Waals surface area contributed by atoms with E-state index in [1.54, 1.807) is 6.08 Å². The van der Waals surface area contributed by atoms with Crippen molar-refractivity contribution in [3.05, 3.63) is 107 Å². The molecule has 0 unspecified atom stereocenters. The molecule has 0 bridgehead atoms. The van der Waals surface area contributed by atoms with Crippen LogP contribution in [0.15, 0.2) is 96.1 Å². The van der Waals surface area contributed by atoms with Gasteiger partial charge in [0.05, 0.1) is 6.61 Å². The van der Waals surface area contributed by atoms with Crippen LogP contribution in [-0.4, -0.2) is 24.1 Å². The van der Waals surface area contributed by atoms with Gasteiger partial charge in [0.2, 0.25) is 0 Å². The smallest absolute Gasteiger partial charge is 0.185 e. The summed E-state index contributed by atoms with van der Waals surface area (Å²) in [6.45, 7) is 0.830. The predicted octanol–water partition coefficient (Wildman–Crippen LogP) is 5.55. The standard InChI is InChI=1S/C26H26O3/c27-18-4-5-19-29-25-15-12-23(13-16-25)20-22-10-8-21(9-11-22)14-17-26(28)24-6-2-1-3-7-24/h1-3,6-10,12-17,20,27H,4-5,11,18-19H2. The highest BCUT2D eigenvalue weighted by Gasteiger charge is 2.03. The molecule has 2 aromatic rings. The minimum Gasteiger partial charge on any atom is -0.494 e. The fraction of sp³-hybridized carbons (Fsp3) is 0.192. The number of aliphatic hydroxyl groups excluding tert-OH is 1. The zero-order valence-corrected chi connectivity index (χ0v) is 16.5. The van der Waals surface area contributed by atoms with Gasteiger partial charge in [0.1, 0.15) is 5.75 Å². The molecule has 0 fully saturated rings. The SMILES string of the molecule is O=C(C=CC1=CCC(=Cc2ccc(OCCCCO)cc2)C=C1)c1ccccc1. The van der Waals surface area contributed by atoms with Gasteiger partial charge in [-0.1, -0.05) is 72.8 Å². The number of hydrogen-bond donors (Lipinski definition) is 1. The Labute approximate surface area is 172 Å². The van der Waals surface area contributed by atoms with Crippen molar-refractivity contribution >= 4 is 11.9 Å². The number of carbonyl (C=O) groups excluding carboxylic acids is 1. The Kier molecular flexibility index (Phi) is 7.79. The van der Waals surface area contributed by atoms with Crippen LogP contribution in [0.5, 0.6) is 5.75 Å². The van der Waals surface area contributed by atoms with Crippen molar-refractivity contribution in [3.8, 4) is 5.75 Å². The van der Waals surface area contributed by atoms with Gasteiger partial charge in [0.15, 0.2) is 5.78 Å². The number of hydrogen-bond acceptors (Lipinski definition) is 3. The summed E-state index contributed by atoms with van der Waals surface area (Å²) in [6, 6.07) is 17.3. The van der Waals surface area contributed by atoms with Crippen molar-refractivity contribution in [2.45, 2.75) is 19.3 Å². The van der Waals surface area contributed by atoms with Crippen LogP contribution in [0, 0.1) is 0 Å². The highest BCUT2D eigenvalue weighted by molar-refractivity contribution is 6.04. The fourth-order valence-electron chi connectivity index (χ4n) is 2.95. The van der Waals surface area contributed by atoms with E-state index in [2.05, 4.69) is 18.2 Å². The molecule has 0 aliphatic heterocycles. The van der Waals surface area contributed by atoms with Crippen LogP contribution in [0.3, 0.4) is 0 Å². The monoisotopic (exact) mass is 386 g/mol. The molecule has 0 aromatic heterocycles. The molecule has 0 saturated heterocycles. The summed E-state index contributed by atoms with van der Waals surface area (Å²) in [4.78, 5) is 12.1. The van der Waals surface area contributed by atoms with Crippen molar-refractivity contribution in [1.29, 1.82) is 0 Å². The largest absolute Gasteiger partial charge is 0.494 e. The summed E-state index contributed by atoms with van der Waals surface area (Å²) in [5.74, 6) is 0.861. The summed E-state index contributed by atoms with van der Waals surface area (Å²) in [7, 11) is 0. The lowest BCUT2D eigenvalue weighted by atomic mass is 9.99. The van der Waals surface area contributed by atoms with Gasteiger partial charge in [0, 0.05) is 12.2 Å². The molecule has 1 aliphatic rings. The van der Waals surface area contributed by atoms with E-state index >= 15 is 0 Å². The number of carbonyl (C=O) groups is 1. The maximum atomic E-state index is 12.1. The van der Waals surface area contributed by atoms with Crippen LogP contribution >= 0.6 is 0 Å². The second-order valence-corrected chi connectivity index (χ2v) is 6.87. The number of aliphatic hydroxyl groups is 1. The minimum atomic E-state index is 0.0138. The Morgan fingerprint density at radius 2 is 1.79 bits per heavy atom. The van der Waals surface area contributed by atoms with Gasteiger partial charge in [-0.15, -0.1) is 0 Å². The molecule has 29 heavy (non-hydrogen) atoms. The van der Waals surface area contributed by atoms with E-state index in [4.69, 9.17) is 9.84 Å². The topological polar surface area (TPSA) is 46.5 Å². The molecule has 0 amide bonds. The Balaban J connectivity index is 1.52. The highest BCUT2D eigenvalue weighted by Crippen LogP contribution is 2.21. The second-order valence-electron chi connectivity index (χ2n) is 6.87. The number of ketones is 1. The molecule has 148 valence electrons. The van der Waals surface area contributed by atoms with E-state index in [-0.39, 0.29) is 12.4 Å². The van der Waals surface area contributed by atoms with Crippen LogP contribution in [0.25, 0.3) is 6.08 Å². The molecule has 3 nitrogen and oxygen atoms in total. The van der Waals surface area contributed by atoms with Crippen molar-refractivity contribution in [1.82, 2.24) is 0 Å². The van der Waals surface area contributed by atoms with E-state index in [0.29, 0.717) is 12.2 Å². The molecule has 1 N–H and O–H groups in total. The van der Waals surface area contributed by atoms with Crippen molar-refractivity contribution in [2.24, 2.45) is 0 Å². The second kappa shape index (κ2) is 11.0. The lowest BCUT2D eigenvalue weighted by Gasteiger charge is -2.08. The third kappa shape index (κ3) is 6.74. The van der Waals surface area contributed by atoms with Crippen molar-refractivity contribution in [3.63, 3.8) is 0 Å². The van der Waals surface area contributed by atoms with Gasteiger partial charge in [-0.2, -0.15) is 0 Å². The third-order valence-electron chi connectivity index (χ3n) is 4.60. The Hall–Kier alpha value is -3.17. The number of allylic oxidation sites excluding steroid dienone is 7. The molecule has 1 aliphatic carbocycles. The Bertz CT molecular complexity index is 916. The van der Waals surface area contributed by atoms with Crippen LogP contribution in [0.1, 0.15) is 35.2 Å². The molecule has 0 spiro atoms. The Morgan fingerprint density at radius 1 is 1.00 bits per heavy atom. The normalized spacial score (nSPS) is 14.9. The average molecular weight is 386 g/mol. The van der Waals surface area contributed by atoms with Crippen molar-refractivity contribution < 1.29 is 14.6 Å². The first kappa shape index (κ1) is 20.6. The first-order chi connectivity index (χ1) is 14.2. The number of unbranched alkanes of at least 4 members (excludes halogenated alkanes) is 1. The lowest BCUT2D eigenvalue weighted by molar-refractivity contribution is 0.104. The maximum Gasteiger partial charge on any atom is 0.185 e. The van der Waals surface area contributed by atoms with E-state index in [1.807, 2.05) is 66.7 Å². The molecule has 0 radical (unpaired) electrons. The van der Waals surface area contributed by atoms with Crippen LogP contribution in [-0.2, 0) is 0 Å². The van der Waals surface area contributed by atoms with E-state index in [0.717, 1.165) is 36.1 Å². The van der Waals surface area contributed by atoms with Crippen LogP contribution in [0.4, 0.5) is 0 Å². The minimum absolute atomic E-state index is 0.0138. The van der Waals surface area contributed by atoms with E-state index in [9.17, 15) is 4.79 Å². The number of ether oxygens (including phenoxy) is 1. The first-order valence-electron chi connectivity index (χ1n) is 9.94. The summed E-state index contributed by atoms with van der Waals surface area (Å²) in [6.07, 6.45) is 14.3. The summed E-state index contributed by atoms with van der Waals surface area (Å²) >= 11 is 0. The quantitative estimate of drug-likeness (QED) is 0.349. The zero-order valence-electron chi connectivity index (χ0n) is 16.5. The molecule has 0 atom stereocenters. The summed E-state index contributed by atoms with van der Waals surface area (Å²) in [5.41, 5.74) is 4.08.